The fourth-order valence-corrected chi connectivity index (χ4v) is 2.28. The highest BCUT2D eigenvalue weighted by Crippen LogP contribution is 2.11. The van der Waals surface area contributed by atoms with Crippen molar-refractivity contribution in [2.24, 2.45) is 0 Å². The average molecular weight is 449 g/mol. The average Bonchev–Trinajstić information content (AvgIpc) is 2.68. The summed E-state index contributed by atoms with van der Waals surface area (Å²) in [6, 6.07) is 9.24. The van der Waals surface area contributed by atoms with Crippen LogP contribution in [-0.4, -0.2) is 73.5 Å². The molecule has 1 atom stereocenters. The standard InChI is InChI=1S/C16H28N4O5.C7H8/c1-16(2,3)25-15(24)12(7-6-11(21)8-17)19-13(22)9-18-14(23)10-20(4)5;1-7-5-3-2-4-6-7/h8,12,17H,6-7,9-10H2,1-5H3,(H,18,23)(H,19,22);2-6H,1H3. The fraction of sp³-hybridized carbons (Fsp3) is 0.522. The number of carbonyl (C=O) groups excluding carboxylic acids is 4. The van der Waals surface area contributed by atoms with E-state index < -0.39 is 29.3 Å². The van der Waals surface area contributed by atoms with Crippen LogP contribution in [0.3, 0.4) is 0 Å². The number of nitrogens with zero attached hydrogens (tertiary/aromatic N) is 1. The molecule has 0 aliphatic carbocycles. The van der Waals surface area contributed by atoms with Crippen LogP contribution in [0.15, 0.2) is 30.3 Å². The molecule has 0 heterocycles. The first-order valence-corrected chi connectivity index (χ1v) is 10.3. The minimum absolute atomic E-state index is 0.0144. The highest BCUT2D eigenvalue weighted by molar-refractivity contribution is 6.26. The summed E-state index contributed by atoms with van der Waals surface area (Å²) in [5.41, 5.74) is 0.577. The van der Waals surface area contributed by atoms with Gasteiger partial charge in [-0.05, 0) is 48.2 Å². The van der Waals surface area contributed by atoms with E-state index in [-0.39, 0.29) is 31.8 Å². The Morgan fingerprint density at radius 3 is 2.12 bits per heavy atom. The molecule has 0 bridgehead atoms. The van der Waals surface area contributed by atoms with Gasteiger partial charge in [0.15, 0.2) is 5.78 Å². The zero-order chi connectivity index (χ0) is 24.7. The normalized spacial score (nSPS) is 11.5. The largest absolute Gasteiger partial charge is 0.458 e. The van der Waals surface area contributed by atoms with Gasteiger partial charge in [-0.1, -0.05) is 35.9 Å². The van der Waals surface area contributed by atoms with Gasteiger partial charge in [-0.3, -0.25) is 14.4 Å². The predicted molar refractivity (Wildman–Crippen MR) is 124 cm³/mol. The molecule has 0 aliphatic heterocycles. The molecule has 0 saturated carbocycles. The minimum Gasteiger partial charge on any atom is -0.458 e. The first-order chi connectivity index (χ1) is 14.8. The summed E-state index contributed by atoms with van der Waals surface area (Å²) in [6.45, 7) is 7.00. The number of nitrogens with one attached hydrogen (secondary N) is 3. The van der Waals surface area contributed by atoms with Crippen LogP contribution in [0.5, 0.6) is 0 Å². The first kappa shape index (κ1) is 28.9. The maximum absolute atomic E-state index is 12.2. The molecule has 0 fully saturated rings. The molecule has 0 radical (unpaired) electrons. The van der Waals surface area contributed by atoms with Gasteiger partial charge in [-0.2, -0.15) is 0 Å². The van der Waals surface area contributed by atoms with E-state index in [4.69, 9.17) is 10.1 Å². The molecule has 1 unspecified atom stereocenters. The molecule has 3 N–H and O–H groups in total. The van der Waals surface area contributed by atoms with Crippen LogP contribution in [0.1, 0.15) is 39.2 Å². The van der Waals surface area contributed by atoms with Gasteiger partial charge in [0.1, 0.15) is 11.6 Å². The third kappa shape index (κ3) is 15.7. The third-order valence-electron chi connectivity index (χ3n) is 3.71. The lowest BCUT2D eigenvalue weighted by Crippen LogP contribution is -2.48. The van der Waals surface area contributed by atoms with Gasteiger partial charge in [0.25, 0.3) is 0 Å². The monoisotopic (exact) mass is 448 g/mol. The molecule has 1 rings (SSSR count). The van der Waals surface area contributed by atoms with Crippen molar-refractivity contribution >= 4 is 29.8 Å². The molecule has 0 saturated heterocycles. The Labute approximate surface area is 190 Å². The van der Waals surface area contributed by atoms with E-state index in [1.165, 1.54) is 5.56 Å². The zero-order valence-corrected chi connectivity index (χ0v) is 19.9. The van der Waals surface area contributed by atoms with E-state index in [0.717, 1.165) is 0 Å². The van der Waals surface area contributed by atoms with Crippen LogP contribution in [0.25, 0.3) is 0 Å². The summed E-state index contributed by atoms with van der Waals surface area (Å²) in [7, 11) is 3.44. The molecular weight excluding hydrogens is 412 g/mol. The number of amides is 2. The van der Waals surface area contributed by atoms with Crippen molar-refractivity contribution in [3.63, 3.8) is 0 Å². The van der Waals surface area contributed by atoms with Crippen LogP contribution in [-0.2, 0) is 23.9 Å². The summed E-state index contributed by atoms with van der Waals surface area (Å²) in [5.74, 6) is -2.02. The van der Waals surface area contributed by atoms with Crippen molar-refractivity contribution in [2.45, 2.75) is 52.2 Å². The SMILES string of the molecule is CN(C)CC(=O)NCC(=O)NC(CCC(=O)C=N)C(=O)OC(C)(C)C.Cc1ccccc1. The molecule has 9 nitrogen and oxygen atoms in total. The number of rotatable bonds is 10. The number of likely N-dealkylation sites (N-methyl/N-ethyl adjacent to an activating group) is 1. The molecule has 0 aliphatic rings. The van der Waals surface area contributed by atoms with Gasteiger partial charge in [0.05, 0.1) is 19.3 Å². The summed E-state index contributed by atoms with van der Waals surface area (Å²) < 4.78 is 5.23. The van der Waals surface area contributed by atoms with Crippen molar-refractivity contribution in [1.82, 2.24) is 15.5 Å². The van der Waals surface area contributed by atoms with Crippen molar-refractivity contribution in [1.29, 1.82) is 5.41 Å². The third-order valence-corrected chi connectivity index (χ3v) is 3.71. The maximum Gasteiger partial charge on any atom is 0.329 e. The van der Waals surface area contributed by atoms with E-state index in [1.807, 2.05) is 18.2 Å². The Morgan fingerprint density at radius 2 is 1.69 bits per heavy atom. The Kier molecular flexibility index (Phi) is 13.4. The Hall–Kier alpha value is -3.07. The second-order valence-electron chi connectivity index (χ2n) is 8.47. The lowest BCUT2D eigenvalue weighted by atomic mass is 10.1. The van der Waals surface area contributed by atoms with E-state index in [2.05, 4.69) is 29.7 Å². The van der Waals surface area contributed by atoms with E-state index in [1.54, 1.807) is 39.8 Å². The van der Waals surface area contributed by atoms with E-state index in [9.17, 15) is 19.2 Å². The van der Waals surface area contributed by atoms with Gasteiger partial charge in [0, 0.05) is 6.42 Å². The van der Waals surface area contributed by atoms with Gasteiger partial charge in [-0.25, -0.2) is 4.79 Å². The van der Waals surface area contributed by atoms with Crippen molar-refractivity contribution < 1.29 is 23.9 Å². The molecule has 0 spiro atoms. The number of Topliss-reactive ketones (excluding diaryl/α,β-unsaturated/α-hetero) is 1. The van der Waals surface area contributed by atoms with Gasteiger partial charge in [0.2, 0.25) is 11.8 Å². The summed E-state index contributed by atoms with van der Waals surface area (Å²) in [4.78, 5) is 48.6. The smallest absolute Gasteiger partial charge is 0.329 e. The second-order valence-corrected chi connectivity index (χ2v) is 8.47. The van der Waals surface area contributed by atoms with E-state index >= 15 is 0 Å². The summed E-state index contributed by atoms with van der Waals surface area (Å²) in [6.07, 6.45) is 0.608. The lowest BCUT2D eigenvalue weighted by Gasteiger charge is -2.24. The van der Waals surface area contributed by atoms with Crippen molar-refractivity contribution in [2.75, 3.05) is 27.2 Å². The van der Waals surface area contributed by atoms with Gasteiger partial charge >= 0.3 is 5.97 Å². The van der Waals surface area contributed by atoms with Crippen molar-refractivity contribution in [3.8, 4) is 0 Å². The molecular formula is C23H36N4O5. The molecule has 178 valence electrons. The highest BCUT2D eigenvalue weighted by atomic mass is 16.6. The topological polar surface area (TPSA) is 129 Å². The van der Waals surface area contributed by atoms with Crippen LogP contribution < -0.4 is 10.6 Å². The Morgan fingerprint density at radius 1 is 1.09 bits per heavy atom. The lowest BCUT2D eigenvalue weighted by molar-refractivity contribution is -0.158. The molecule has 0 aromatic heterocycles. The number of ether oxygens (including phenoxy) is 1. The number of hydrogen-bond donors (Lipinski definition) is 3. The maximum atomic E-state index is 12.2. The summed E-state index contributed by atoms with van der Waals surface area (Å²) in [5, 5.41) is 11.8. The molecule has 1 aromatic rings. The van der Waals surface area contributed by atoms with Crippen LogP contribution in [0, 0.1) is 12.3 Å². The van der Waals surface area contributed by atoms with E-state index in [0.29, 0.717) is 6.21 Å². The second kappa shape index (κ2) is 14.9. The Balaban J connectivity index is 0.00000115. The number of benzene rings is 1. The number of ketones is 1. The number of aryl methyl sites for hydroxylation is 1. The zero-order valence-electron chi connectivity index (χ0n) is 19.9. The van der Waals surface area contributed by atoms with Crippen LogP contribution >= 0.6 is 0 Å². The number of esters is 1. The minimum atomic E-state index is -1.03. The van der Waals surface area contributed by atoms with Crippen molar-refractivity contribution in [3.05, 3.63) is 35.9 Å². The molecule has 9 heteroatoms. The first-order valence-electron chi connectivity index (χ1n) is 10.3. The number of carbonyl (C=O) groups is 4. The molecule has 32 heavy (non-hydrogen) atoms. The van der Waals surface area contributed by atoms with Gasteiger partial charge < -0.3 is 25.7 Å². The molecule has 2 amide bonds. The number of hydrogen-bond acceptors (Lipinski definition) is 7. The summed E-state index contributed by atoms with van der Waals surface area (Å²) >= 11 is 0. The quantitative estimate of drug-likeness (QED) is 0.367. The highest BCUT2D eigenvalue weighted by Gasteiger charge is 2.27. The molecule has 1 aromatic carbocycles. The van der Waals surface area contributed by atoms with Crippen LogP contribution in [0.2, 0.25) is 0 Å². The Bertz CT molecular complexity index is 757. The van der Waals surface area contributed by atoms with Gasteiger partial charge in [-0.15, -0.1) is 0 Å². The fourth-order valence-electron chi connectivity index (χ4n) is 2.28. The predicted octanol–water partition coefficient (Wildman–Crippen LogP) is 1.48. The van der Waals surface area contributed by atoms with Crippen LogP contribution in [0.4, 0.5) is 0 Å².